The lowest BCUT2D eigenvalue weighted by molar-refractivity contribution is -0.153. The summed E-state index contributed by atoms with van der Waals surface area (Å²) >= 11 is 0. The quantitative estimate of drug-likeness (QED) is 0.854. The number of aromatic carboxylic acids is 1. The maximum Gasteiger partial charge on any atom is 0.397 e. The van der Waals surface area contributed by atoms with Crippen LogP contribution in [0.15, 0.2) is 18.3 Å². The Hall–Kier alpha value is -2.32. The van der Waals surface area contributed by atoms with Crippen LogP contribution in [0.5, 0.6) is 0 Å². The number of pyridine rings is 1. The van der Waals surface area contributed by atoms with E-state index in [1.165, 1.54) is 18.3 Å². The minimum atomic E-state index is -4.52. The van der Waals surface area contributed by atoms with E-state index < -0.39 is 24.5 Å². The molecule has 0 radical (unpaired) electrons. The number of carboxylic acids is 1. The Morgan fingerprint density at radius 3 is 2.83 bits per heavy atom. The molecule has 1 aromatic rings. The van der Waals surface area contributed by atoms with Gasteiger partial charge in [0, 0.05) is 25.8 Å². The molecule has 0 aromatic carbocycles. The van der Waals surface area contributed by atoms with Crippen LogP contribution < -0.4 is 10.2 Å². The maximum absolute atomic E-state index is 12.1. The zero-order chi connectivity index (χ0) is 17.7. The molecule has 2 N–H and O–H groups in total. The SMILES string of the molecule is O=C(CC(F)(F)F)NCC1CCCN(c2ncccc2C(=O)O)C1. The number of nitrogens with one attached hydrogen (secondary N) is 1. The van der Waals surface area contributed by atoms with Crippen molar-refractivity contribution in [1.29, 1.82) is 0 Å². The molecule has 9 heteroatoms. The second-order valence-corrected chi connectivity index (χ2v) is 5.73. The fourth-order valence-electron chi connectivity index (χ4n) is 2.74. The normalized spacial score (nSPS) is 18.3. The van der Waals surface area contributed by atoms with Crippen LogP contribution in [-0.2, 0) is 4.79 Å². The van der Waals surface area contributed by atoms with E-state index in [2.05, 4.69) is 10.3 Å². The van der Waals surface area contributed by atoms with Gasteiger partial charge in [0.05, 0.1) is 0 Å². The van der Waals surface area contributed by atoms with Crippen LogP contribution in [0.2, 0.25) is 0 Å². The van der Waals surface area contributed by atoms with Crippen molar-refractivity contribution in [1.82, 2.24) is 10.3 Å². The topological polar surface area (TPSA) is 82.5 Å². The van der Waals surface area contributed by atoms with Gasteiger partial charge in [0.15, 0.2) is 0 Å². The predicted octanol–water partition coefficient (Wildman–Crippen LogP) is 2.06. The maximum atomic E-state index is 12.1. The molecule has 0 aliphatic carbocycles. The van der Waals surface area contributed by atoms with Crippen LogP contribution in [0.4, 0.5) is 19.0 Å². The van der Waals surface area contributed by atoms with Crippen LogP contribution in [0.25, 0.3) is 0 Å². The third-order valence-corrected chi connectivity index (χ3v) is 3.78. The van der Waals surface area contributed by atoms with Gasteiger partial charge in [-0.05, 0) is 30.9 Å². The molecule has 1 aliphatic heterocycles. The summed E-state index contributed by atoms with van der Waals surface area (Å²) in [5, 5.41) is 11.5. The first kappa shape index (κ1) is 18.0. The molecule has 24 heavy (non-hydrogen) atoms. The van der Waals surface area contributed by atoms with E-state index >= 15 is 0 Å². The molecule has 2 heterocycles. The van der Waals surface area contributed by atoms with Gasteiger partial charge in [-0.25, -0.2) is 9.78 Å². The molecule has 1 unspecified atom stereocenters. The van der Waals surface area contributed by atoms with Crippen molar-refractivity contribution >= 4 is 17.7 Å². The zero-order valence-electron chi connectivity index (χ0n) is 12.8. The van der Waals surface area contributed by atoms with Gasteiger partial charge >= 0.3 is 12.1 Å². The van der Waals surface area contributed by atoms with Crippen molar-refractivity contribution in [2.24, 2.45) is 5.92 Å². The number of halogens is 3. The Balaban J connectivity index is 1.95. The second kappa shape index (κ2) is 7.50. The number of carboxylic acid groups (broad SMARTS) is 1. The monoisotopic (exact) mass is 345 g/mol. The van der Waals surface area contributed by atoms with E-state index in [9.17, 15) is 27.9 Å². The molecule has 0 spiro atoms. The van der Waals surface area contributed by atoms with Gasteiger partial charge in [0.25, 0.3) is 0 Å². The average Bonchev–Trinajstić information content (AvgIpc) is 2.51. The Labute approximate surface area is 136 Å². The number of alkyl halides is 3. The van der Waals surface area contributed by atoms with Crippen molar-refractivity contribution < 1.29 is 27.9 Å². The van der Waals surface area contributed by atoms with Gasteiger partial charge in [-0.3, -0.25) is 4.79 Å². The zero-order valence-corrected chi connectivity index (χ0v) is 12.8. The molecule has 132 valence electrons. The summed E-state index contributed by atoms with van der Waals surface area (Å²) in [4.78, 5) is 28.4. The highest BCUT2D eigenvalue weighted by molar-refractivity contribution is 5.93. The Morgan fingerprint density at radius 2 is 2.17 bits per heavy atom. The molecule has 1 aromatic heterocycles. The summed E-state index contributed by atoms with van der Waals surface area (Å²) < 4.78 is 36.4. The van der Waals surface area contributed by atoms with E-state index in [0.717, 1.165) is 12.8 Å². The van der Waals surface area contributed by atoms with E-state index in [4.69, 9.17) is 0 Å². The lowest BCUT2D eigenvalue weighted by Crippen LogP contribution is -2.42. The molecule has 0 bridgehead atoms. The number of nitrogens with zero attached hydrogens (tertiary/aromatic N) is 2. The first-order valence-corrected chi connectivity index (χ1v) is 7.53. The van der Waals surface area contributed by atoms with Crippen LogP contribution >= 0.6 is 0 Å². The van der Waals surface area contributed by atoms with Gasteiger partial charge in [0.2, 0.25) is 5.91 Å². The smallest absolute Gasteiger partial charge is 0.397 e. The van der Waals surface area contributed by atoms with Crippen molar-refractivity contribution in [2.45, 2.75) is 25.4 Å². The highest BCUT2D eigenvalue weighted by Gasteiger charge is 2.31. The molecule has 1 amide bonds. The lowest BCUT2D eigenvalue weighted by atomic mass is 9.97. The Bertz CT molecular complexity index is 607. The summed E-state index contributed by atoms with van der Waals surface area (Å²) in [5.74, 6) is -1.85. The fraction of sp³-hybridized carbons (Fsp3) is 0.533. The summed E-state index contributed by atoms with van der Waals surface area (Å²) in [7, 11) is 0. The highest BCUT2D eigenvalue weighted by Crippen LogP contribution is 2.24. The number of anilines is 1. The molecule has 1 aliphatic rings. The molecule has 6 nitrogen and oxygen atoms in total. The summed E-state index contributed by atoms with van der Waals surface area (Å²) in [6.45, 7) is 1.18. The fourth-order valence-corrected chi connectivity index (χ4v) is 2.74. The van der Waals surface area contributed by atoms with Crippen molar-refractivity contribution in [3.8, 4) is 0 Å². The van der Waals surface area contributed by atoms with Crippen molar-refractivity contribution in [2.75, 3.05) is 24.5 Å². The summed E-state index contributed by atoms with van der Waals surface area (Å²) in [5.41, 5.74) is 0.0826. The summed E-state index contributed by atoms with van der Waals surface area (Å²) in [6, 6.07) is 2.99. The van der Waals surface area contributed by atoms with E-state index in [-0.39, 0.29) is 18.0 Å². The average molecular weight is 345 g/mol. The minimum Gasteiger partial charge on any atom is -0.478 e. The van der Waals surface area contributed by atoms with Crippen LogP contribution in [0.1, 0.15) is 29.6 Å². The largest absolute Gasteiger partial charge is 0.478 e. The standard InChI is InChI=1S/C15H18F3N3O3/c16-15(17,18)7-12(22)20-8-10-3-2-6-21(9-10)13-11(14(23)24)4-1-5-19-13/h1,4-5,10H,2-3,6-9H2,(H,20,22)(H,23,24). The number of aromatic nitrogens is 1. The molecular formula is C15H18F3N3O3. The van der Waals surface area contributed by atoms with Crippen molar-refractivity contribution in [3.63, 3.8) is 0 Å². The number of hydrogen-bond acceptors (Lipinski definition) is 4. The van der Waals surface area contributed by atoms with Gasteiger partial charge in [-0.1, -0.05) is 0 Å². The van der Waals surface area contributed by atoms with Gasteiger partial charge in [-0.15, -0.1) is 0 Å². The van der Waals surface area contributed by atoms with Crippen molar-refractivity contribution in [3.05, 3.63) is 23.9 Å². The summed E-state index contributed by atoms with van der Waals surface area (Å²) in [6.07, 6.45) is -3.02. The van der Waals surface area contributed by atoms with Gasteiger partial charge in [0.1, 0.15) is 17.8 Å². The molecule has 2 rings (SSSR count). The van der Waals surface area contributed by atoms with E-state index in [1.807, 2.05) is 0 Å². The second-order valence-electron chi connectivity index (χ2n) is 5.73. The van der Waals surface area contributed by atoms with Crippen LogP contribution in [0.3, 0.4) is 0 Å². The predicted molar refractivity (Wildman–Crippen MR) is 79.8 cm³/mol. The van der Waals surface area contributed by atoms with Crippen LogP contribution in [0, 0.1) is 5.92 Å². The number of carbonyl (C=O) groups excluding carboxylic acids is 1. The van der Waals surface area contributed by atoms with E-state index in [0.29, 0.717) is 18.9 Å². The molecule has 0 saturated carbocycles. The van der Waals surface area contributed by atoms with Gasteiger partial charge < -0.3 is 15.3 Å². The number of amides is 1. The number of piperidine rings is 1. The molecule has 1 fully saturated rings. The molecular weight excluding hydrogens is 327 g/mol. The third-order valence-electron chi connectivity index (χ3n) is 3.78. The number of rotatable bonds is 5. The number of hydrogen-bond donors (Lipinski definition) is 2. The Kier molecular flexibility index (Phi) is 5.63. The Morgan fingerprint density at radius 1 is 1.42 bits per heavy atom. The lowest BCUT2D eigenvalue weighted by Gasteiger charge is -2.34. The van der Waals surface area contributed by atoms with E-state index in [1.54, 1.807) is 4.90 Å². The minimum absolute atomic E-state index is 0.0559. The first-order chi connectivity index (χ1) is 11.3. The third kappa shape index (κ3) is 5.10. The number of carbonyl (C=O) groups is 2. The van der Waals surface area contributed by atoms with Crippen LogP contribution in [-0.4, -0.2) is 47.8 Å². The molecule has 1 saturated heterocycles. The molecule has 1 atom stereocenters. The first-order valence-electron chi connectivity index (χ1n) is 7.53. The highest BCUT2D eigenvalue weighted by atomic mass is 19.4. The van der Waals surface area contributed by atoms with Gasteiger partial charge in [-0.2, -0.15) is 13.2 Å².